The molecular formula is C24H29F3N4O. The minimum absolute atomic E-state index is 0.114. The number of ether oxygens (including phenoxy) is 1. The van der Waals surface area contributed by atoms with Gasteiger partial charge < -0.3 is 15.4 Å². The Labute approximate surface area is 186 Å². The lowest BCUT2D eigenvalue weighted by Gasteiger charge is -2.32. The van der Waals surface area contributed by atoms with Crippen molar-refractivity contribution in [3.8, 4) is 11.3 Å². The van der Waals surface area contributed by atoms with Crippen molar-refractivity contribution in [1.29, 1.82) is 0 Å². The average Bonchev–Trinajstić information content (AvgIpc) is 3.16. The first-order chi connectivity index (χ1) is 15.5. The number of nitrogens with two attached hydrogens (primary N) is 1. The molecule has 1 aromatic heterocycles. The third-order valence-electron chi connectivity index (χ3n) is 7.47. The van der Waals surface area contributed by atoms with Crippen LogP contribution in [-0.4, -0.2) is 42.0 Å². The molecule has 1 aliphatic carbocycles. The molecule has 2 N–H and O–H groups in total. The quantitative estimate of drug-likeness (QED) is 0.709. The molecule has 2 aliphatic heterocycles. The summed E-state index contributed by atoms with van der Waals surface area (Å²) in [5.74, 6) is -0.797. The summed E-state index contributed by atoms with van der Waals surface area (Å²) in [5, 5.41) is 8.49. The van der Waals surface area contributed by atoms with Crippen LogP contribution in [0.2, 0.25) is 0 Å². The fourth-order valence-corrected chi connectivity index (χ4v) is 5.98. The van der Waals surface area contributed by atoms with Gasteiger partial charge >= 0.3 is 0 Å². The van der Waals surface area contributed by atoms with Crippen molar-refractivity contribution in [1.82, 2.24) is 10.2 Å². The van der Waals surface area contributed by atoms with Crippen LogP contribution >= 0.6 is 0 Å². The standard InChI is InChI=1S/C24H29F3N4O/c25-16-10-19(24(27)20(26)11-16)21-3-4-23(30-29-21)31-13-15-9-17(28)12-18(15)22(31)8-14-2-1-6-32-7-5-14/h3-4,10-11,14-15,17-18,22H,1-2,5-9,12-13,28H2/t14-,15?,17?,18?,22?/m1/s1. The predicted octanol–water partition coefficient (Wildman–Crippen LogP) is 4.31. The molecule has 0 radical (unpaired) electrons. The topological polar surface area (TPSA) is 64.3 Å². The van der Waals surface area contributed by atoms with Crippen LogP contribution in [0.15, 0.2) is 24.3 Å². The summed E-state index contributed by atoms with van der Waals surface area (Å²) in [7, 11) is 0. The molecule has 0 amide bonds. The molecule has 3 aliphatic rings. The largest absolute Gasteiger partial charge is 0.381 e. The normalized spacial score (nSPS) is 30.4. The Morgan fingerprint density at radius 2 is 1.94 bits per heavy atom. The lowest BCUT2D eigenvalue weighted by atomic mass is 9.85. The van der Waals surface area contributed by atoms with E-state index in [-0.39, 0.29) is 17.3 Å². The van der Waals surface area contributed by atoms with E-state index in [9.17, 15) is 13.2 Å². The smallest absolute Gasteiger partial charge is 0.168 e. The van der Waals surface area contributed by atoms with Crippen molar-refractivity contribution in [2.75, 3.05) is 24.7 Å². The first-order valence-corrected chi connectivity index (χ1v) is 11.6. The highest BCUT2D eigenvalue weighted by Gasteiger charge is 2.47. The molecule has 0 bridgehead atoms. The van der Waals surface area contributed by atoms with Gasteiger partial charge in [0.25, 0.3) is 0 Å². The number of nitrogens with zero attached hydrogens (tertiary/aromatic N) is 3. The summed E-state index contributed by atoms with van der Waals surface area (Å²) in [5.41, 5.74) is 6.18. The van der Waals surface area contributed by atoms with Gasteiger partial charge in [0.15, 0.2) is 17.5 Å². The summed E-state index contributed by atoms with van der Waals surface area (Å²) in [6.07, 6.45) is 6.45. The lowest BCUT2D eigenvalue weighted by molar-refractivity contribution is 0.140. The molecule has 1 aromatic carbocycles. The van der Waals surface area contributed by atoms with Gasteiger partial charge in [0, 0.05) is 43.5 Å². The minimum atomic E-state index is -1.23. The Bertz CT molecular complexity index is 949. The second kappa shape index (κ2) is 8.98. The van der Waals surface area contributed by atoms with Crippen LogP contribution in [0, 0.1) is 35.2 Å². The Morgan fingerprint density at radius 3 is 2.75 bits per heavy atom. The molecule has 4 unspecified atom stereocenters. The van der Waals surface area contributed by atoms with E-state index in [1.54, 1.807) is 12.1 Å². The molecule has 5 atom stereocenters. The molecule has 2 saturated heterocycles. The fraction of sp³-hybridized carbons (Fsp3) is 0.583. The minimum Gasteiger partial charge on any atom is -0.381 e. The summed E-state index contributed by atoms with van der Waals surface area (Å²) in [4.78, 5) is 2.33. The Hall–Kier alpha value is -2.19. The highest BCUT2D eigenvalue weighted by Crippen LogP contribution is 2.46. The van der Waals surface area contributed by atoms with Crippen LogP contribution in [0.3, 0.4) is 0 Å². The number of aromatic nitrogens is 2. The molecule has 8 heteroatoms. The summed E-state index contributed by atoms with van der Waals surface area (Å²) in [6.45, 7) is 2.53. The summed E-state index contributed by atoms with van der Waals surface area (Å²) < 4.78 is 47.0. The zero-order valence-corrected chi connectivity index (χ0v) is 18.0. The fourth-order valence-electron chi connectivity index (χ4n) is 5.98. The van der Waals surface area contributed by atoms with Crippen molar-refractivity contribution in [2.24, 2.45) is 23.5 Å². The highest BCUT2D eigenvalue weighted by molar-refractivity contribution is 5.61. The summed E-state index contributed by atoms with van der Waals surface area (Å²) in [6, 6.07) is 5.44. The van der Waals surface area contributed by atoms with Crippen LogP contribution in [0.1, 0.15) is 38.5 Å². The van der Waals surface area contributed by atoms with Gasteiger partial charge in [-0.05, 0) is 74.5 Å². The van der Waals surface area contributed by atoms with Gasteiger partial charge in [-0.3, -0.25) is 0 Å². The molecule has 0 spiro atoms. The van der Waals surface area contributed by atoms with Gasteiger partial charge in [-0.1, -0.05) is 0 Å². The number of anilines is 1. The third kappa shape index (κ3) is 4.22. The number of hydrogen-bond donors (Lipinski definition) is 1. The van der Waals surface area contributed by atoms with Crippen molar-refractivity contribution in [2.45, 2.75) is 50.6 Å². The average molecular weight is 447 g/mol. The Balaban J connectivity index is 1.39. The van der Waals surface area contributed by atoms with Crippen LogP contribution < -0.4 is 10.6 Å². The summed E-state index contributed by atoms with van der Waals surface area (Å²) >= 11 is 0. The predicted molar refractivity (Wildman–Crippen MR) is 115 cm³/mol. The molecule has 172 valence electrons. The van der Waals surface area contributed by atoms with Crippen LogP contribution in [0.4, 0.5) is 19.0 Å². The third-order valence-corrected chi connectivity index (χ3v) is 7.47. The van der Waals surface area contributed by atoms with E-state index < -0.39 is 17.5 Å². The first-order valence-electron chi connectivity index (χ1n) is 11.6. The number of fused-ring (bicyclic) bond motifs is 1. The maximum absolute atomic E-state index is 14.2. The number of hydrogen-bond acceptors (Lipinski definition) is 5. The van der Waals surface area contributed by atoms with E-state index in [0.29, 0.717) is 29.9 Å². The number of halogens is 3. The zero-order valence-electron chi connectivity index (χ0n) is 18.0. The van der Waals surface area contributed by atoms with Crippen LogP contribution in [-0.2, 0) is 4.74 Å². The molecule has 3 heterocycles. The molecule has 5 nitrogen and oxygen atoms in total. The van der Waals surface area contributed by atoms with Gasteiger partial charge in [-0.2, -0.15) is 0 Å². The Kier molecular flexibility index (Phi) is 6.07. The van der Waals surface area contributed by atoms with E-state index in [1.165, 1.54) is 6.42 Å². The van der Waals surface area contributed by atoms with Gasteiger partial charge in [-0.25, -0.2) is 13.2 Å². The molecule has 32 heavy (non-hydrogen) atoms. The molecule has 5 rings (SSSR count). The van der Waals surface area contributed by atoms with Crippen LogP contribution in [0.5, 0.6) is 0 Å². The highest BCUT2D eigenvalue weighted by atomic mass is 19.2. The second-order valence-corrected chi connectivity index (χ2v) is 9.55. The van der Waals surface area contributed by atoms with E-state index >= 15 is 0 Å². The number of benzene rings is 1. The zero-order chi connectivity index (χ0) is 22.2. The second-order valence-electron chi connectivity index (χ2n) is 9.55. The van der Waals surface area contributed by atoms with Crippen molar-refractivity contribution in [3.63, 3.8) is 0 Å². The van der Waals surface area contributed by atoms with E-state index in [0.717, 1.165) is 63.7 Å². The van der Waals surface area contributed by atoms with Crippen molar-refractivity contribution < 1.29 is 17.9 Å². The molecule has 1 saturated carbocycles. The number of rotatable bonds is 4. The van der Waals surface area contributed by atoms with Crippen LogP contribution in [0.25, 0.3) is 11.3 Å². The van der Waals surface area contributed by atoms with Gasteiger partial charge in [0.2, 0.25) is 0 Å². The monoisotopic (exact) mass is 446 g/mol. The van der Waals surface area contributed by atoms with Gasteiger partial charge in [0.05, 0.1) is 5.69 Å². The molecule has 3 fully saturated rings. The first kappa shape index (κ1) is 21.6. The maximum Gasteiger partial charge on any atom is 0.168 e. The lowest BCUT2D eigenvalue weighted by Crippen LogP contribution is -2.37. The van der Waals surface area contributed by atoms with Gasteiger partial charge in [-0.15, -0.1) is 10.2 Å². The van der Waals surface area contributed by atoms with E-state index in [2.05, 4.69) is 15.1 Å². The van der Waals surface area contributed by atoms with Gasteiger partial charge in [0.1, 0.15) is 5.82 Å². The molecular weight excluding hydrogens is 417 g/mol. The van der Waals surface area contributed by atoms with E-state index in [4.69, 9.17) is 10.5 Å². The van der Waals surface area contributed by atoms with Crippen molar-refractivity contribution in [3.05, 3.63) is 41.7 Å². The Morgan fingerprint density at radius 1 is 1.06 bits per heavy atom. The molecule has 2 aromatic rings. The maximum atomic E-state index is 14.2. The van der Waals surface area contributed by atoms with E-state index in [1.807, 2.05) is 0 Å². The van der Waals surface area contributed by atoms with Crippen molar-refractivity contribution >= 4 is 5.82 Å². The SMILES string of the molecule is NC1CC2CN(c3ccc(-c4cc(F)cc(F)c4F)nn3)C(C[C@@H]3CCCOCC3)C2C1.